The highest BCUT2D eigenvalue weighted by molar-refractivity contribution is 7.03. The van der Waals surface area contributed by atoms with Gasteiger partial charge in [-0.15, -0.1) is 0 Å². The van der Waals surface area contributed by atoms with Crippen LogP contribution in [0.1, 0.15) is 0 Å². The van der Waals surface area contributed by atoms with Gasteiger partial charge in [-0.25, -0.2) is 17.6 Å². The van der Waals surface area contributed by atoms with Crippen molar-refractivity contribution in [3.63, 3.8) is 0 Å². The van der Waals surface area contributed by atoms with E-state index in [1.807, 2.05) is 34.1 Å². The van der Waals surface area contributed by atoms with Gasteiger partial charge >= 0.3 is 0 Å². The molecule has 17 aromatic rings. The van der Waals surface area contributed by atoms with Crippen LogP contribution in [0.5, 0.6) is 0 Å². The van der Waals surface area contributed by atoms with Gasteiger partial charge in [-0.3, -0.25) is 0 Å². The fourth-order valence-electron chi connectivity index (χ4n) is 17.3. The highest BCUT2D eigenvalue weighted by atomic mass is 19.1. The molecular formula is C90H54B2F4N6. The molecule has 0 radical (unpaired) electrons. The Morgan fingerprint density at radius 3 is 0.990 bits per heavy atom. The third-order valence-corrected chi connectivity index (χ3v) is 21.4. The lowest BCUT2D eigenvalue weighted by atomic mass is 9.30. The summed E-state index contributed by atoms with van der Waals surface area (Å²) >= 11 is 0. The number of aromatic nitrogens is 2. The van der Waals surface area contributed by atoms with E-state index in [0.717, 1.165) is 156 Å². The smallest absolute Gasteiger partial charge is 0.252 e. The molecule has 0 spiro atoms. The number of hydrogen-bond acceptors (Lipinski definition) is 4. The Kier molecular flexibility index (Phi) is 12.6. The summed E-state index contributed by atoms with van der Waals surface area (Å²) in [6.45, 7) is -1.00. The number of benzene rings is 15. The molecule has 0 unspecified atom stereocenters. The van der Waals surface area contributed by atoms with E-state index in [2.05, 4.69) is 286 Å². The van der Waals surface area contributed by atoms with Crippen molar-refractivity contribution >= 4 is 158 Å². The minimum Gasteiger partial charge on any atom is -0.311 e. The molecule has 6 nitrogen and oxygen atoms in total. The van der Waals surface area contributed by atoms with Gasteiger partial charge in [0.2, 0.25) is 0 Å². The van der Waals surface area contributed by atoms with Crippen molar-refractivity contribution in [1.29, 1.82) is 0 Å². The van der Waals surface area contributed by atoms with Crippen LogP contribution in [-0.2, 0) is 0 Å². The van der Waals surface area contributed by atoms with Crippen LogP contribution < -0.4 is 52.4 Å². The molecule has 0 N–H and O–H groups in total. The van der Waals surface area contributed by atoms with Crippen LogP contribution >= 0.6 is 0 Å². The molecule has 0 aliphatic carbocycles. The Hall–Kier alpha value is -13.1. The topological polar surface area (TPSA) is 22.8 Å². The maximum absolute atomic E-state index is 18.1. The van der Waals surface area contributed by atoms with E-state index in [1.165, 1.54) is 24.3 Å². The van der Waals surface area contributed by atoms with Crippen LogP contribution in [0.4, 0.5) is 85.8 Å². The molecule has 0 saturated carbocycles. The monoisotopic (exact) mass is 1320 g/mol. The van der Waals surface area contributed by atoms with Crippen LogP contribution in [0.25, 0.3) is 77.2 Å². The maximum atomic E-state index is 18.1. The average molecular weight is 1320 g/mol. The van der Waals surface area contributed by atoms with Gasteiger partial charge in [-0.1, -0.05) is 200 Å². The largest absolute Gasteiger partial charge is 0.311 e. The van der Waals surface area contributed by atoms with Gasteiger partial charge in [0.15, 0.2) is 0 Å². The van der Waals surface area contributed by atoms with Gasteiger partial charge in [-0.2, -0.15) is 0 Å². The highest BCUT2D eigenvalue weighted by Gasteiger charge is 2.49. The summed E-state index contributed by atoms with van der Waals surface area (Å²) in [5.74, 6) is -3.00. The third-order valence-electron chi connectivity index (χ3n) is 21.4. The Balaban J connectivity index is 0.896. The zero-order chi connectivity index (χ0) is 67.6. The molecule has 4 aliphatic rings. The maximum Gasteiger partial charge on any atom is 0.252 e. The third kappa shape index (κ3) is 8.50. The van der Waals surface area contributed by atoms with Crippen molar-refractivity contribution in [3.8, 4) is 33.6 Å². The van der Waals surface area contributed by atoms with E-state index in [9.17, 15) is 0 Å². The van der Waals surface area contributed by atoms with Crippen molar-refractivity contribution in [1.82, 2.24) is 9.13 Å². The van der Waals surface area contributed by atoms with Crippen LogP contribution in [0.2, 0.25) is 0 Å². The Morgan fingerprint density at radius 2 is 0.569 bits per heavy atom. The summed E-state index contributed by atoms with van der Waals surface area (Å²) in [6, 6.07) is 110. The summed E-state index contributed by atoms with van der Waals surface area (Å²) in [5.41, 5.74) is 23.5. The van der Waals surface area contributed by atoms with Crippen molar-refractivity contribution < 1.29 is 17.6 Å². The molecule has 0 atom stereocenters. The van der Waals surface area contributed by atoms with Crippen LogP contribution in [0, 0.1) is 23.3 Å². The molecule has 2 aromatic heterocycles. The summed E-state index contributed by atoms with van der Waals surface area (Å²) in [7, 11) is 0. The average Bonchev–Trinajstić information content (AvgIpc) is 1.31. The molecule has 0 saturated heterocycles. The molecule has 4 aliphatic heterocycles. The standard InChI is InChI=1S/C90H54B2F4N6/c93-59-39-43-79(73(95)47-59)101-83-54-84-72(53-71(83)91-69-31-15-19-35-77(69)97(61-25-9-3-10-26-61)85-49-63(51-87(101)89(85)91)99-75-33-17-13-29-65(75)67-41-37-57(45-81(67)99)55-21-5-1-6-22-55)92-70-32-16-20-36-78(70)98(62-27-11-4-12-28-62)86-50-64(52-88(90(86)92)102(84)80-44-40-60(94)48-74(80)96)100-76-34-18-14-30-66(76)68-42-38-58(46-82(68)100)56-23-7-2-8-24-56/h1-54H. The number of halogens is 4. The van der Waals surface area contributed by atoms with Gasteiger partial charge in [0.05, 0.1) is 44.8 Å². The molecule has 102 heavy (non-hydrogen) atoms. The number of fused-ring (bicyclic) bond motifs is 14. The van der Waals surface area contributed by atoms with Gasteiger partial charge in [0, 0.05) is 90.6 Å². The van der Waals surface area contributed by atoms with E-state index in [0.29, 0.717) is 22.7 Å². The lowest BCUT2D eigenvalue weighted by Crippen LogP contribution is -2.65. The summed E-state index contributed by atoms with van der Waals surface area (Å²) < 4.78 is 72.7. The fraction of sp³-hybridized carbons (Fsp3) is 0. The molecule has 15 aromatic carbocycles. The lowest BCUT2D eigenvalue weighted by Gasteiger charge is -2.47. The first kappa shape index (κ1) is 58.0. The van der Waals surface area contributed by atoms with E-state index < -0.39 is 36.7 Å². The van der Waals surface area contributed by atoms with Gasteiger partial charge in [0.25, 0.3) is 13.4 Å². The fourth-order valence-corrected chi connectivity index (χ4v) is 17.3. The van der Waals surface area contributed by atoms with Crippen LogP contribution in [0.3, 0.4) is 0 Å². The number of anilines is 12. The van der Waals surface area contributed by atoms with Crippen molar-refractivity contribution in [2.24, 2.45) is 0 Å². The summed E-state index contributed by atoms with van der Waals surface area (Å²) in [6.07, 6.45) is 0. The zero-order valence-corrected chi connectivity index (χ0v) is 54.5. The van der Waals surface area contributed by atoms with E-state index >= 15 is 17.6 Å². The SMILES string of the molecule is Fc1ccc(N2c3cc4c(cc3B3c5ccccc5N(c5ccccc5)c5cc(-n6c7ccccc7c7ccc(-c8ccccc8)cc76)cc2c53)B2c3ccccc3N(c3ccccc3)c3cc(-n5c6ccccc6c6ccc(-c7ccccc7)cc65)cc(c32)N4c2ccc(F)cc2F)c(F)c1. The normalized spacial score (nSPS) is 13.2. The van der Waals surface area contributed by atoms with E-state index in [1.54, 1.807) is 0 Å². The molecule has 0 amide bonds. The number of rotatable bonds is 8. The predicted molar refractivity (Wildman–Crippen MR) is 414 cm³/mol. The van der Waals surface area contributed by atoms with E-state index in [-0.39, 0.29) is 11.4 Å². The number of hydrogen-bond donors (Lipinski definition) is 0. The van der Waals surface area contributed by atoms with Gasteiger partial charge in [0.1, 0.15) is 23.3 Å². The minimum atomic E-state index is -0.776. The predicted octanol–water partition coefficient (Wildman–Crippen LogP) is 19.9. The van der Waals surface area contributed by atoms with Crippen molar-refractivity contribution in [2.45, 2.75) is 0 Å². The quantitative estimate of drug-likeness (QED) is 0.112. The van der Waals surface area contributed by atoms with Crippen LogP contribution in [0.15, 0.2) is 328 Å². The minimum absolute atomic E-state index is 0.108. The molecular weight excluding hydrogens is 1260 g/mol. The zero-order valence-electron chi connectivity index (χ0n) is 54.5. The molecule has 0 fully saturated rings. The van der Waals surface area contributed by atoms with Crippen molar-refractivity contribution in [3.05, 3.63) is 351 Å². The Labute approximate surface area is 585 Å². The lowest BCUT2D eigenvalue weighted by molar-refractivity contribution is 0.583. The first-order valence-electron chi connectivity index (χ1n) is 34.4. The Bertz CT molecular complexity index is 6000. The first-order valence-corrected chi connectivity index (χ1v) is 34.4. The summed E-state index contributed by atoms with van der Waals surface area (Å²) in [4.78, 5) is 8.59. The Morgan fingerprint density at radius 1 is 0.206 bits per heavy atom. The molecule has 12 heteroatoms. The second-order valence-electron chi connectivity index (χ2n) is 26.9. The first-order chi connectivity index (χ1) is 50.3. The molecule has 478 valence electrons. The number of nitrogens with zero attached hydrogens (tertiary/aromatic N) is 6. The van der Waals surface area contributed by atoms with Crippen molar-refractivity contribution in [2.75, 3.05) is 19.6 Å². The molecule has 6 heterocycles. The molecule has 0 bridgehead atoms. The second-order valence-corrected chi connectivity index (χ2v) is 26.9. The highest BCUT2D eigenvalue weighted by Crippen LogP contribution is 2.52. The van der Waals surface area contributed by atoms with E-state index in [4.69, 9.17) is 0 Å². The number of para-hydroxylation sites is 6. The van der Waals surface area contributed by atoms with Gasteiger partial charge in [-0.05, 0) is 170 Å². The second kappa shape index (κ2) is 22.2. The van der Waals surface area contributed by atoms with Gasteiger partial charge < -0.3 is 28.7 Å². The van der Waals surface area contributed by atoms with Crippen LogP contribution in [-0.4, -0.2) is 22.6 Å². The molecule has 21 rings (SSSR count). The summed E-state index contributed by atoms with van der Waals surface area (Å²) in [5, 5.41) is 4.24.